The summed E-state index contributed by atoms with van der Waals surface area (Å²) in [6.45, 7) is 4.47. The first-order valence-electron chi connectivity index (χ1n) is 11.9. The Morgan fingerprint density at radius 3 is 2.35 bits per heavy atom. The van der Waals surface area contributed by atoms with Crippen LogP contribution in [0.5, 0.6) is 5.75 Å². The molecule has 1 heterocycles. The molecular weight excluding hydrogens is 426 g/mol. The quantitative estimate of drug-likeness (QED) is 0.565. The van der Waals surface area contributed by atoms with Crippen LogP contribution in [0.1, 0.15) is 32.3 Å². The van der Waals surface area contributed by atoms with Crippen LogP contribution in [0.25, 0.3) is 10.8 Å². The lowest BCUT2D eigenvalue weighted by molar-refractivity contribution is -0.138. The van der Waals surface area contributed by atoms with Crippen molar-refractivity contribution in [3.8, 4) is 5.75 Å². The smallest absolute Gasteiger partial charge is 0.245 e. The number of ether oxygens (including phenoxy) is 1. The molecule has 1 unspecified atom stereocenters. The van der Waals surface area contributed by atoms with E-state index < -0.39 is 11.6 Å². The Morgan fingerprint density at radius 2 is 1.65 bits per heavy atom. The Morgan fingerprint density at radius 1 is 1.00 bits per heavy atom. The predicted octanol–water partition coefficient (Wildman–Crippen LogP) is 3.67. The Bertz CT molecular complexity index is 1130. The van der Waals surface area contributed by atoms with E-state index in [0.29, 0.717) is 19.5 Å². The van der Waals surface area contributed by atoms with E-state index in [4.69, 9.17) is 10.5 Å². The fourth-order valence-electron chi connectivity index (χ4n) is 4.34. The standard InChI is InChI=1S/C28H33N3O3/c1-28(2,29)27(33)30-25(19-21-11-8-10-20-9-6-7-14-24(20)21)26(32)31-17-15-23(16-18-31)34-22-12-4-3-5-13-22/h3-14,23,25H,15-19,29H2,1-2H3,(H,30,33). The van der Waals surface area contributed by atoms with Crippen LogP contribution < -0.4 is 15.8 Å². The molecule has 4 rings (SSSR count). The van der Waals surface area contributed by atoms with Gasteiger partial charge in [0.15, 0.2) is 0 Å². The summed E-state index contributed by atoms with van der Waals surface area (Å²) in [5.41, 5.74) is 5.97. The van der Waals surface area contributed by atoms with Crippen molar-refractivity contribution in [2.24, 2.45) is 5.73 Å². The fourth-order valence-corrected chi connectivity index (χ4v) is 4.34. The summed E-state index contributed by atoms with van der Waals surface area (Å²) in [4.78, 5) is 28.2. The molecule has 0 spiro atoms. The van der Waals surface area contributed by atoms with Crippen molar-refractivity contribution in [3.63, 3.8) is 0 Å². The number of nitrogens with zero attached hydrogens (tertiary/aromatic N) is 1. The topological polar surface area (TPSA) is 84.7 Å². The van der Waals surface area contributed by atoms with Gasteiger partial charge < -0.3 is 20.7 Å². The number of rotatable bonds is 7. The number of hydrogen-bond donors (Lipinski definition) is 2. The van der Waals surface area contributed by atoms with E-state index in [1.807, 2.05) is 65.6 Å². The summed E-state index contributed by atoms with van der Waals surface area (Å²) in [5.74, 6) is 0.427. The molecule has 0 bridgehead atoms. The number of piperidine rings is 1. The largest absolute Gasteiger partial charge is 0.490 e. The molecule has 34 heavy (non-hydrogen) atoms. The molecule has 0 radical (unpaired) electrons. The van der Waals surface area contributed by atoms with Crippen molar-refractivity contribution in [2.75, 3.05) is 13.1 Å². The van der Waals surface area contributed by atoms with Gasteiger partial charge in [0, 0.05) is 32.4 Å². The zero-order valence-corrected chi connectivity index (χ0v) is 19.9. The molecule has 1 atom stereocenters. The first kappa shape index (κ1) is 23.8. The highest BCUT2D eigenvalue weighted by Crippen LogP contribution is 2.22. The van der Waals surface area contributed by atoms with Crippen LogP contribution in [0.3, 0.4) is 0 Å². The average Bonchev–Trinajstić information content (AvgIpc) is 2.84. The van der Waals surface area contributed by atoms with Crippen LogP contribution in [-0.4, -0.2) is 47.5 Å². The Labute approximate surface area is 201 Å². The second-order valence-electron chi connectivity index (χ2n) is 9.55. The monoisotopic (exact) mass is 459 g/mol. The van der Waals surface area contributed by atoms with E-state index in [1.54, 1.807) is 13.8 Å². The van der Waals surface area contributed by atoms with E-state index in [2.05, 4.69) is 17.4 Å². The molecule has 1 aliphatic heterocycles. The molecular formula is C28H33N3O3. The maximum Gasteiger partial charge on any atom is 0.245 e. The third kappa shape index (κ3) is 5.75. The zero-order valence-electron chi connectivity index (χ0n) is 19.9. The number of carbonyl (C=O) groups excluding carboxylic acids is 2. The molecule has 3 aromatic carbocycles. The molecule has 1 saturated heterocycles. The van der Waals surface area contributed by atoms with Gasteiger partial charge in [0.1, 0.15) is 17.9 Å². The third-order valence-corrected chi connectivity index (χ3v) is 6.29. The minimum atomic E-state index is -1.08. The third-order valence-electron chi connectivity index (χ3n) is 6.29. The van der Waals surface area contributed by atoms with Crippen molar-refractivity contribution >= 4 is 22.6 Å². The van der Waals surface area contributed by atoms with Gasteiger partial charge in [-0.1, -0.05) is 60.7 Å². The summed E-state index contributed by atoms with van der Waals surface area (Å²) in [5, 5.41) is 5.12. The van der Waals surface area contributed by atoms with Crippen LogP contribution in [0.15, 0.2) is 72.8 Å². The Kier molecular flexibility index (Phi) is 7.17. The van der Waals surface area contributed by atoms with Crippen molar-refractivity contribution in [1.82, 2.24) is 10.2 Å². The summed E-state index contributed by atoms with van der Waals surface area (Å²) >= 11 is 0. The van der Waals surface area contributed by atoms with Crippen LogP contribution >= 0.6 is 0 Å². The van der Waals surface area contributed by atoms with E-state index >= 15 is 0 Å². The minimum absolute atomic E-state index is 0.0699. The number of fused-ring (bicyclic) bond motifs is 1. The molecule has 3 N–H and O–H groups in total. The summed E-state index contributed by atoms with van der Waals surface area (Å²) in [6.07, 6.45) is 1.97. The number of likely N-dealkylation sites (tertiary alicyclic amines) is 1. The highest BCUT2D eigenvalue weighted by molar-refractivity contribution is 5.92. The van der Waals surface area contributed by atoms with Crippen molar-refractivity contribution in [1.29, 1.82) is 0 Å². The molecule has 6 nitrogen and oxygen atoms in total. The number of benzene rings is 3. The van der Waals surface area contributed by atoms with E-state index in [0.717, 1.165) is 34.9 Å². The first-order chi connectivity index (χ1) is 16.3. The van der Waals surface area contributed by atoms with Crippen molar-refractivity contribution < 1.29 is 14.3 Å². The van der Waals surface area contributed by atoms with Crippen LogP contribution in [0.4, 0.5) is 0 Å². The number of carbonyl (C=O) groups is 2. The van der Waals surface area contributed by atoms with Gasteiger partial charge >= 0.3 is 0 Å². The molecule has 1 fully saturated rings. The average molecular weight is 460 g/mol. The predicted molar refractivity (Wildman–Crippen MR) is 135 cm³/mol. The normalized spacial score (nSPS) is 15.7. The lowest BCUT2D eigenvalue weighted by atomic mass is 9.96. The van der Waals surface area contributed by atoms with Crippen molar-refractivity contribution in [3.05, 3.63) is 78.4 Å². The lowest BCUT2D eigenvalue weighted by Crippen LogP contribution is -2.58. The lowest BCUT2D eigenvalue weighted by Gasteiger charge is -2.35. The highest BCUT2D eigenvalue weighted by atomic mass is 16.5. The van der Waals surface area contributed by atoms with Gasteiger partial charge in [0.25, 0.3) is 0 Å². The van der Waals surface area contributed by atoms with Crippen molar-refractivity contribution in [2.45, 2.75) is 50.8 Å². The number of para-hydroxylation sites is 1. The van der Waals surface area contributed by atoms with Gasteiger partial charge in [-0.3, -0.25) is 9.59 Å². The van der Waals surface area contributed by atoms with Crippen LogP contribution in [0.2, 0.25) is 0 Å². The maximum absolute atomic E-state index is 13.6. The van der Waals surface area contributed by atoms with Gasteiger partial charge in [-0.25, -0.2) is 0 Å². The Hall–Kier alpha value is -3.38. The zero-order chi connectivity index (χ0) is 24.1. The number of nitrogens with two attached hydrogens (primary N) is 1. The van der Waals surface area contributed by atoms with Gasteiger partial charge in [0.2, 0.25) is 11.8 Å². The van der Waals surface area contributed by atoms with Crippen LogP contribution in [0, 0.1) is 0 Å². The number of amides is 2. The summed E-state index contributed by atoms with van der Waals surface area (Å²) in [7, 11) is 0. The van der Waals surface area contributed by atoms with E-state index in [1.165, 1.54) is 0 Å². The summed E-state index contributed by atoms with van der Waals surface area (Å²) in [6, 6.07) is 23.2. The Balaban J connectivity index is 1.48. The highest BCUT2D eigenvalue weighted by Gasteiger charge is 2.33. The summed E-state index contributed by atoms with van der Waals surface area (Å²) < 4.78 is 6.07. The maximum atomic E-state index is 13.6. The molecule has 3 aromatic rings. The first-order valence-corrected chi connectivity index (χ1v) is 11.9. The minimum Gasteiger partial charge on any atom is -0.490 e. The number of hydrogen-bond acceptors (Lipinski definition) is 4. The molecule has 0 saturated carbocycles. The molecule has 178 valence electrons. The van der Waals surface area contributed by atoms with Gasteiger partial charge in [-0.05, 0) is 42.3 Å². The molecule has 1 aliphatic rings. The fraction of sp³-hybridized carbons (Fsp3) is 0.357. The van der Waals surface area contributed by atoms with Gasteiger partial charge in [-0.2, -0.15) is 0 Å². The second-order valence-corrected chi connectivity index (χ2v) is 9.55. The molecule has 0 aromatic heterocycles. The SMILES string of the molecule is CC(C)(N)C(=O)NC(Cc1cccc2ccccc12)C(=O)N1CCC(Oc2ccccc2)CC1. The molecule has 2 amide bonds. The van der Waals surface area contributed by atoms with Gasteiger partial charge in [0.05, 0.1) is 5.54 Å². The van der Waals surface area contributed by atoms with Gasteiger partial charge in [-0.15, -0.1) is 0 Å². The second kappa shape index (κ2) is 10.3. The molecule has 6 heteroatoms. The van der Waals surface area contributed by atoms with E-state index in [-0.39, 0.29) is 17.9 Å². The molecule has 0 aliphatic carbocycles. The van der Waals surface area contributed by atoms with Crippen LogP contribution in [-0.2, 0) is 16.0 Å². The number of nitrogens with one attached hydrogen (secondary N) is 1. The van der Waals surface area contributed by atoms with E-state index in [9.17, 15) is 9.59 Å².